The Morgan fingerprint density at radius 3 is 2.90 bits per heavy atom. The van der Waals surface area contributed by atoms with Crippen LogP contribution in [0.1, 0.15) is 41.4 Å². The van der Waals surface area contributed by atoms with Gasteiger partial charge in [-0.25, -0.2) is 9.78 Å². The van der Waals surface area contributed by atoms with E-state index in [0.29, 0.717) is 12.3 Å². The number of aromatic carboxylic acids is 1. The number of hydrogen-bond acceptors (Lipinski definition) is 4. The number of carboxylic acid groups (broad SMARTS) is 1. The molecule has 2 unspecified atom stereocenters. The molecular formula is C14H16N2O4. The van der Waals surface area contributed by atoms with Crippen LogP contribution in [0, 0.1) is 5.92 Å². The van der Waals surface area contributed by atoms with E-state index in [1.807, 2.05) is 0 Å². The van der Waals surface area contributed by atoms with Crippen LogP contribution >= 0.6 is 0 Å². The Hall–Kier alpha value is -2.11. The minimum absolute atomic E-state index is 0.0255. The largest absolute Gasteiger partial charge is 0.476 e. The van der Waals surface area contributed by atoms with Gasteiger partial charge in [0.05, 0.1) is 5.92 Å². The van der Waals surface area contributed by atoms with E-state index in [9.17, 15) is 9.59 Å². The van der Waals surface area contributed by atoms with Crippen molar-refractivity contribution in [1.29, 1.82) is 0 Å². The zero-order chi connectivity index (χ0) is 14.3. The van der Waals surface area contributed by atoms with Crippen molar-refractivity contribution in [2.75, 3.05) is 13.1 Å². The second-order valence-corrected chi connectivity index (χ2v) is 5.41. The van der Waals surface area contributed by atoms with E-state index in [0.717, 1.165) is 37.8 Å². The van der Waals surface area contributed by atoms with Gasteiger partial charge in [-0.05, 0) is 19.3 Å². The third kappa shape index (κ3) is 2.21. The van der Waals surface area contributed by atoms with Gasteiger partial charge in [0.1, 0.15) is 5.76 Å². The van der Waals surface area contributed by atoms with Crippen molar-refractivity contribution in [1.82, 2.24) is 9.88 Å². The van der Waals surface area contributed by atoms with Crippen molar-refractivity contribution >= 4 is 11.9 Å². The van der Waals surface area contributed by atoms with E-state index in [4.69, 9.17) is 9.52 Å². The molecule has 2 fully saturated rings. The Labute approximate surface area is 116 Å². The lowest BCUT2D eigenvalue weighted by molar-refractivity contribution is -0.133. The molecule has 2 aliphatic rings. The van der Waals surface area contributed by atoms with E-state index in [-0.39, 0.29) is 23.4 Å². The van der Waals surface area contributed by atoms with Crippen LogP contribution in [0.15, 0.2) is 23.0 Å². The molecule has 0 spiro atoms. The molecule has 1 saturated heterocycles. The minimum Gasteiger partial charge on any atom is -0.476 e. The summed E-state index contributed by atoms with van der Waals surface area (Å²) in [4.78, 5) is 28.8. The van der Waals surface area contributed by atoms with Gasteiger partial charge in [-0.15, -0.1) is 0 Å². The first-order valence-corrected chi connectivity index (χ1v) is 6.71. The summed E-state index contributed by atoms with van der Waals surface area (Å²) in [5.41, 5.74) is 0.947. The molecule has 1 aliphatic heterocycles. The monoisotopic (exact) mass is 276 g/mol. The minimum atomic E-state index is -1.09. The van der Waals surface area contributed by atoms with Crippen LogP contribution in [0.3, 0.4) is 0 Å². The number of carbonyl (C=O) groups is 2. The summed E-state index contributed by atoms with van der Waals surface area (Å²) in [5, 5.41) is 9.08. The van der Waals surface area contributed by atoms with Gasteiger partial charge < -0.3 is 14.4 Å². The normalized spacial score (nSPS) is 25.6. The second kappa shape index (κ2) is 4.77. The molecule has 6 nitrogen and oxygen atoms in total. The first kappa shape index (κ1) is 12.9. The Balaban J connectivity index is 1.74. The summed E-state index contributed by atoms with van der Waals surface area (Å²) in [6.45, 7) is 5.03. The number of rotatable bonds is 3. The van der Waals surface area contributed by atoms with Crippen molar-refractivity contribution in [3.05, 3.63) is 30.0 Å². The molecule has 106 valence electrons. The van der Waals surface area contributed by atoms with Crippen molar-refractivity contribution in [3.63, 3.8) is 0 Å². The Kier molecular flexibility index (Phi) is 3.08. The third-order valence-electron chi connectivity index (χ3n) is 4.00. The summed E-state index contributed by atoms with van der Waals surface area (Å²) in [7, 11) is 0. The molecule has 3 rings (SSSR count). The Morgan fingerprint density at radius 1 is 1.50 bits per heavy atom. The smallest absolute Gasteiger partial charge is 0.358 e. The summed E-state index contributed by atoms with van der Waals surface area (Å²) in [5.74, 6) is -0.718. The number of likely N-dealkylation sites (tertiary alicyclic amines) is 1. The molecule has 0 radical (unpaired) electrons. The molecular weight excluding hydrogens is 260 g/mol. The molecule has 1 amide bonds. The van der Waals surface area contributed by atoms with Gasteiger partial charge in [-0.1, -0.05) is 12.2 Å². The highest BCUT2D eigenvalue weighted by molar-refractivity contribution is 5.87. The fraction of sp³-hybridized carbons (Fsp3) is 0.500. The van der Waals surface area contributed by atoms with Gasteiger partial charge in [0, 0.05) is 19.0 Å². The zero-order valence-electron chi connectivity index (χ0n) is 11.0. The maximum Gasteiger partial charge on any atom is 0.358 e. The van der Waals surface area contributed by atoms with Gasteiger partial charge >= 0.3 is 5.97 Å². The maximum atomic E-state index is 12.2. The number of hydrogen-bond donors (Lipinski definition) is 1. The third-order valence-corrected chi connectivity index (χ3v) is 4.00. The highest BCUT2D eigenvalue weighted by Gasteiger charge is 2.40. The number of piperidine rings is 1. The number of carbonyl (C=O) groups excluding carboxylic acids is 1. The lowest BCUT2D eigenvalue weighted by Crippen LogP contribution is -2.40. The van der Waals surface area contributed by atoms with E-state index in [1.54, 1.807) is 4.90 Å². The molecule has 2 atom stereocenters. The first-order chi connectivity index (χ1) is 9.58. The Bertz CT molecular complexity index is 577. The van der Waals surface area contributed by atoms with E-state index in [1.165, 1.54) is 0 Å². The fourth-order valence-electron chi connectivity index (χ4n) is 2.78. The molecule has 1 aromatic heterocycles. The first-order valence-electron chi connectivity index (χ1n) is 6.71. The summed E-state index contributed by atoms with van der Waals surface area (Å²) in [6.07, 6.45) is 3.59. The van der Waals surface area contributed by atoms with Gasteiger partial charge in [0.15, 0.2) is 12.1 Å². The van der Waals surface area contributed by atoms with E-state index < -0.39 is 5.97 Å². The quantitative estimate of drug-likeness (QED) is 0.849. The molecule has 6 heteroatoms. The Morgan fingerprint density at radius 2 is 2.25 bits per heavy atom. The number of carboxylic acids is 1. The van der Waals surface area contributed by atoms with Crippen LogP contribution in [0.2, 0.25) is 0 Å². The van der Waals surface area contributed by atoms with Crippen LogP contribution in [0.5, 0.6) is 0 Å². The van der Waals surface area contributed by atoms with Crippen LogP contribution < -0.4 is 0 Å². The number of oxazole rings is 1. The van der Waals surface area contributed by atoms with Crippen molar-refractivity contribution in [2.45, 2.75) is 25.2 Å². The maximum absolute atomic E-state index is 12.2. The van der Waals surface area contributed by atoms with Crippen molar-refractivity contribution < 1.29 is 19.1 Å². The predicted molar refractivity (Wildman–Crippen MR) is 69.3 cm³/mol. The molecule has 20 heavy (non-hydrogen) atoms. The average molecular weight is 276 g/mol. The van der Waals surface area contributed by atoms with Crippen LogP contribution in [0.4, 0.5) is 0 Å². The van der Waals surface area contributed by atoms with Crippen LogP contribution in [-0.2, 0) is 4.79 Å². The van der Waals surface area contributed by atoms with Crippen LogP contribution in [0.25, 0.3) is 0 Å². The van der Waals surface area contributed by atoms with Gasteiger partial charge in [-0.3, -0.25) is 4.79 Å². The molecule has 2 heterocycles. The predicted octanol–water partition coefficient (Wildman–Crippen LogP) is 1.65. The van der Waals surface area contributed by atoms with Crippen molar-refractivity contribution in [2.24, 2.45) is 5.92 Å². The molecule has 0 bridgehead atoms. The van der Waals surface area contributed by atoms with Crippen molar-refractivity contribution in [3.8, 4) is 0 Å². The number of nitrogens with zero attached hydrogens (tertiary/aromatic N) is 2. The number of amides is 1. The SMILES string of the molecule is C=C1CC1C(=O)N1CCCC(c2ocnc2C(=O)O)C1. The fourth-order valence-corrected chi connectivity index (χ4v) is 2.78. The van der Waals surface area contributed by atoms with Gasteiger partial charge in [0.2, 0.25) is 5.91 Å². The van der Waals surface area contributed by atoms with E-state index in [2.05, 4.69) is 11.6 Å². The highest BCUT2D eigenvalue weighted by atomic mass is 16.4. The molecule has 1 saturated carbocycles. The molecule has 1 N–H and O–H groups in total. The zero-order valence-corrected chi connectivity index (χ0v) is 11.0. The van der Waals surface area contributed by atoms with Gasteiger partial charge in [0.25, 0.3) is 0 Å². The summed E-state index contributed by atoms with van der Waals surface area (Å²) >= 11 is 0. The summed E-state index contributed by atoms with van der Waals surface area (Å²) in [6, 6.07) is 0. The lowest BCUT2D eigenvalue weighted by atomic mass is 9.94. The molecule has 1 aromatic rings. The molecule has 1 aliphatic carbocycles. The number of aromatic nitrogens is 1. The highest BCUT2D eigenvalue weighted by Crippen LogP contribution is 2.39. The van der Waals surface area contributed by atoms with E-state index >= 15 is 0 Å². The van der Waals surface area contributed by atoms with Gasteiger partial charge in [-0.2, -0.15) is 0 Å². The lowest BCUT2D eigenvalue weighted by Gasteiger charge is -2.32. The second-order valence-electron chi connectivity index (χ2n) is 5.41. The summed E-state index contributed by atoms with van der Waals surface area (Å²) < 4.78 is 5.24. The average Bonchev–Trinajstić information content (AvgIpc) is 2.98. The van der Waals surface area contributed by atoms with Crippen LogP contribution in [-0.4, -0.2) is 40.0 Å². The standard InChI is InChI=1S/C14H16N2O4/c1-8-5-10(8)13(17)16-4-2-3-9(6-16)12-11(14(18)19)15-7-20-12/h7,9-10H,1-6H2,(H,18,19). The molecule has 0 aromatic carbocycles. The topological polar surface area (TPSA) is 83.6 Å².